The van der Waals surface area contributed by atoms with Crippen molar-refractivity contribution >= 4 is 5.91 Å². The molecule has 0 saturated carbocycles. The molecule has 1 N–H and O–H groups in total. The summed E-state index contributed by atoms with van der Waals surface area (Å²) in [6.45, 7) is 4.06. The van der Waals surface area contributed by atoms with Crippen LogP contribution in [0.5, 0.6) is 0 Å². The number of carbonyl (C=O) groups is 1. The topological polar surface area (TPSA) is 56.2 Å². The van der Waals surface area contributed by atoms with E-state index in [0.717, 1.165) is 25.1 Å². The molecule has 88 valence electrons. The van der Waals surface area contributed by atoms with Gasteiger partial charge in [-0.15, -0.1) is 0 Å². The first-order valence-corrected chi connectivity index (χ1v) is 5.71. The molecule has 1 aliphatic heterocycles. The fourth-order valence-corrected chi connectivity index (χ4v) is 1.87. The highest BCUT2D eigenvalue weighted by Gasteiger charge is 2.23. The van der Waals surface area contributed by atoms with E-state index >= 15 is 0 Å². The van der Waals surface area contributed by atoms with Crippen molar-refractivity contribution in [2.75, 3.05) is 6.61 Å². The molecule has 16 heavy (non-hydrogen) atoms. The molecule has 0 bridgehead atoms. The average Bonchev–Trinajstić information content (AvgIpc) is 2.96. The van der Waals surface area contributed by atoms with Crippen molar-refractivity contribution in [2.24, 2.45) is 0 Å². The van der Waals surface area contributed by atoms with Gasteiger partial charge in [-0.05, 0) is 25.8 Å². The van der Waals surface area contributed by atoms with Crippen LogP contribution in [-0.2, 0) is 22.6 Å². The standard InChI is InChI=1S/C11H17N3O2/c1-2-14-9(5-6-13-14)8-12-11(15)10-4-3-7-16-10/h5-6,10H,2-4,7-8H2,1H3,(H,12,15)/t10-/m1/s1. The molecule has 1 aromatic heterocycles. The van der Waals surface area contributed by atoms with Crippen LogP contribution in [0, 0.1) is 0 Å². The molecule has 0 aliphatic carbocycles. The summed E-state index contributed by atoms with van der Waals surface area (Å²) in [6, 6.07) is 1.92. The minimum absolute atomic E-state index is 0.0126. The summed E-state index contributed by atoms with van der Waals surface area (Å²) in [5.74, 6) is -0.0126. The third-order valence-electron chi connectivity index (χ3n) is 2.77. The number of rotatable bonds is 4. The first-order chi connectivity index (χ1) is 7.81. The van der Waals surface area contributed by atoms with E-state index in [4.69, 9.17) is 4.74 Å². The van der Waals surface area contributed by atoms with Crippen LogP contribution in [0.25, 0.3) is 0 Å². The van der Waals surface area contributed by atoms with Crippen molar-refractivity contribution in [1.82, 2.24) is 15.1 Å². The number of hydrogen-bond acceptors (Lipinski definition) is 3. The Balaban J connectivity index is 1.84. The second-order valence-electron chi connectivity index (χ2n) is 3.86. The van der Waals surface area contributed by atoms with E-state index in [-0.39, 0.29) is 12.0 Å². The maximum Gasteiger partial charge on any atom is 0.249 e. The first kappa shape index (κ1) is 11.1. The third-order valence-corrected chi connectivity index (χ3v) is 2.77. The summed E-state index contributed by atoms with van der Waals surface area (Å²) in [5.41, 5.74) is 1.02. The number of carbonyl (C=O) groups excluding carboxylic acids is 1. The highest BCUT2D eigenvalue weighted by atomic mass is 16.5. The highest BCUT2D eigenvalue weighted by molar-refractivity contribution is 5.80. The molecule has 1 saturated heterocycles. The number of hydrogen-bond donors (Lipinski definition) is 1. The molecule has 1 atom stereocenters. The first-order valence-electron chi connectivity index (χ1n) is 5.71. The Hall–Kier alpha value is -1.36. The van der Waals surface area contributed by atoms with Crippen molar-refractivity contribution < 1.29 is 9.53 Å². The summed E-state index contributed by atoms with van der Waals surface area (Å²) < 4.78 is 7.18. The van der Waals surface area contributed by atoms with E-state index in [1.807, 2.05) is 17.7 Å². The van der Waals surface area contributed by atoms with E-state index in [1.54, 1.807) is 6.20 Å². The van der Waals surface area contributed by atoms with Crippen molar-refractivity contribution in [3.8, 4) is 0 Å². The van der Waals surface area contributed by atoms with Crippen LogP contribution in [0.3, 0.4) is 0 Å². The summed E-state index contributed by atoms with van der Waals surface area (Å²) in [7, 11) is 0. The lowest BCUT2D eigenvalue weighted by atomic mass is 10.2. The van der Waals surface area contributed by atoms with Crippen LogP contribution >= 0.6 is 0 Å². The zero-order valence-electron chi connectivity index (χ0n) is 9.48. The molecule has 5 heteroatoms. The second kappa shape index (κ2) is 5.12. The van der Waals surface area contributed by atoms with E-state index in [9.17, 15) is 4.79 Å². The Labute approximate surface area is 94.8 Å². The number of ether oxygens (including phenoxy) is 1. The van der Waals surface area contributed by atoms with Crippen molar-refractivity contribution in [3.05, 3.63) is 18.0 Å². The maximum absolute atomic E-state index is 11.7. The molecule has 0 spiro atoms. The fraction of sp³-hybridized carbons (Fsp3) is 0.636. The van der Waals surface area contributed by atoms with E-state index in [1.165, 1.54) is 0 Å². The zero-order chi connectivity index (χ0) is 11.4. The van der Waals surface area contributed by atoms with Gasteiger partial charge in [0.1, 0.15) is 6.10 Å². The maximum atomic E-state index is 11.7. The third kappa shape index (κ3) is 2.41. The summed E-state index contributed by atoms with van der Waals surface area (Å²) in [5, 5.41) is 7.02. The smallest absolute Gasteiger partial charge is 0.249 e. The number of nitrogens with zero attached hydrogens (tertiary/aromatic N) is 2. The highest BCUT2D eigenvalue weighted by Crippen LogP contribution is 2.11. The van der Waals surface area contributed by atoms with Crippen LogP contribution < -0.4 is 5.32 Å². The van der Waals surface area contributed by atoms with Crippen LogP contribution in [0.4, 0.5) is 0 Å². The van der Waals surface area contributed by atoms with Gasteiger partial charge in [-0.1, -0.05) is 0 Å². The molecule has 1 fully saturated rings. The van der Waals surface area contributed by atoms with Gasteiger partial charge in [-0.2, -0.15) is 5.10 Å². The van der Waals surface area contributed by atoms with E-state index < -0.39 is 0 Å². The minimum Gasteiger partial charge on any atom is -0.368 e. The SMILES string of the molecule is CCn1nccc1CNC(=O)[C@H]1CCCO1. The van der Waals surface area contributed by atoms with E-state index in [0.29, 0.717) is 13.2 Å². The Kier molecular flexibility index (Phi) is 3.56. The number of aryl methyl sites for hydroxylation is 1. The van der Waals surface area contributed by atoms with E-state index in [2.05, 4.69) is 10.4 Å². The molecule has 0 unspecified atom stereocenters. The van der Waals surface area contributed by atoms with Gasteiger partial charge in [0.25, 0.3) is 0 Å². The lowest BCUT2D eigenvalue weighted by molar-refractivity contribution is -0.130. The Bertz CT molecular complexity index is 356. The van der Waals surface area contributed by atoms with Gasteiger partial charge in [0.15, 0.2) is 0 Å². The number of amides is 1. The van der Waals surface area contributed by atoms with Crippen molar-refractivity contribution in [2.45, 2.75) is 39.0 Å². The normalized spacial score (nSPS) is 19.9. The predicted octanol–water partition coefficient (Wildman–Crippen LogP) is 0.698. The lowest BCUT2D eigenvalue weighted by Crippen LogP contribution is -2.34. The Morgan fingerprint density at radius 3 is 3.31 bits per heavy atom. The minimum atomic E-state index is -0.252. The summed E-state index contributed by atoms with van der Waals surface area (Å²) in [6.07, 6.45) is 3.30. The Morgan fingerprint density at radius 1 is 1.75 bits per heavy atom. The van der Waals surface area contributed by atoms with Gasteiger partial charge >= 0.3 is 0 Å². The monoisotopic (exact) mass is 223 g/mol. The molecule has 1 aromatic rings. The van der Waals surface area contributed by atoms with Gasteiger partial charge in [-0.25, -0.2) is 0 Å². The van der Waals surface area contributed by atoms with Gasteiger partial charge in [0.2, 0.25) is 5.91 Å². The molecular weight excluding hydrogens is 206 g/mol. The second-order valence-corrected chi connectivity index (χ2v) is 3.86. The lowest BCUT2D eigenvalue weighted by Gasteiger charge is -2.10. The quantitative estimate of drug-likeness (QED) is 0.817. The summed E-state index contributed by atoms with van der Waals surface area (Å²) >= 11 is 0. The average molecular weight is 223 g/mol. The number of aromatic nitrogens is 2. The van der Waals surface area contributed by atoms with Gasteiger partial charge < -0.3 is 10.1 Å². The molecule has 2 heterocycles. The van der Waals surface area contributed by atoms with Crippen LogP contribution in [0.1, 0.15) is 25.5 Å². The number of nitrogens with one attached hydrogen (secondary N) is 1. The molecule has 1 amide bonds. The van der Waals surface area contributed by atoms with Crippen LogP contribution in [-0.4, -0.2) is 28.4 Å². The molecule has 0 radical (unpaired) electrons. The summed E-state index contributed by atoms with van der Waals surface area (Å²) in [4.78, 5) is 11.7. The molecule has 2 rings (SSSR count). The van der Waals surface area contributed by atoms with Crippen molar-refractivity contribution in [1.29, 1.82) is 0 Å². The Morgan fingerprint density at radius 2 is 2.62 bits per heavy atom. The van der Waals surface area contributed by atoms with Crippen molar-refractivity contribution in [3.63, 3.8) is 0 Å². The van der Waals surface area contributed by atoms with Crippen LogP contribution in [0.2, 0.25) is 0 Å². The molecule has 0 aromatic carbocycles. The zero-order valence-corrected chi connectivity index (χ0v) is 9.48. The van der Waals surface area contributed by atoms with Crippen LogP contribution in [0.15, 0.2) is 12.3 Å². The van der Waals surface area contributed by atoms with Gasteiger partial charge in [-0.3, -0.25) is 9.48 Å². The molecular formula is C11H17N3O2. The van der Waals surface area contributed by atoms with Gasteiger partial charge in [0.05, 0.1) is 12.2 Å². The molecule has 5 nitrogen and oxygen atoms in total. The molecule has 1 aliphatic rings. The predicted molar refractivity (Wildman–Crippen MR) is 58.7 cm³/mol. The largest absolute Gasteiger partial charge is 0.368 e. The van der Waals surface area contributed by atoms with Gasteiger partial charge in [0, 0.05) is 19.3 Å². The fourth-order valence-electron chi connectivity index (χ4n) is 1.87.